The maximum atomic E-state index is 12.9. The van der Waals surface area contributed by atoms with E-state index in [0.717, 1.165) is 23.3 Å². The summed E-state index contributed by atoms with van der Waals surface area (Å²) in [5.41, 5.74) is 1.17. The van der Waals surface area contributed by atoms with Crippen molar-refractivity contribution in [1.29, 1.82) is 0 Å². The average molecular weight is 327 g/mol. The molecule has 4 bridgehead atoms. The van der Waals surface area contributed by atoms with Crippen LogP contribution in [0, 0.1) is 29.0 Å². The molecule has 4 aliphatic carbocycles. The molecule has 0 heterocycles. The van der Waals surface area contributed by atoms with Gasteiger partial charge in [0.25, 0.3) is 0 Å². The van der Waals surface area contributed by atoms with Crippen LogP contribution in [-0.4, -0.2) is 11.9 Å². The normalized spacial score (nSPS) is 35.3. The van der Waals surface area contributed by atoms with Gasteiger partial charge in [-0.1, -0.05) is 12.1 Å². The Morgan fingerprint density at radius 2 is 1.67 bits per heavy atom. The number of carbonyl (C=O) groups is 1. The third-order valence-corrected chi connectivity index (χ3v) is 6.66. The first-order chi connectivity index (χ1) is 11.5. The zero-order chi connectivity index (χ0) is 16.7. The second-order valence-corrected chi connectivity index (χ2v) is 8.40. The second kappa shape index (κ2) is 6.02. The first-order valence-corrected chi connectivity index (χ1v) is 9.26. The van der Waals surface area contributed by atoms with Gasteiger partial charge in [-0.05, 0) is 92.4 Å². The number of halogens is 1. The van der Waals surface area contributed by atoms with Crippen LogP contribution in [0.25, 0.3) is 6.08 Å². The van der Waals surface area contributed by atoms with E-state index in [1.807, 2.05) is 0 Å². The lowest BCUT2D eigenvalue weighted by Gasteiger charge is -2.59. The molecule has 3 heteroatoms. The standard InChI is InChI=1S/C21H26FNO/c1-14(21-11-16-8-17(12-21)10-18(9-16)13-21)23-20(24)7-4-15-2-5-19(22)6-3-15/h2-7,14,16-18H,8-13H2,1H3,(H,23,24)/b7-4+/t14-,16?,17?,18?,21?/m1/s1. The van der Waals surface area contributed by atoms with Crippen LogP contribution in [0.5, 0.6) is 0 Å². The molecule has 24 heavy (non-hydrogen) atoms. The zero-order valence-corrected chi connectivity index (χ0v) is 14.3. The highest BCUT2D eigenvalue weighted by molar-refractivity contribution is 5.91. The molecule has 128 valence electrons. The summed E-state index contributed by atoms with van der Waals surface area (Å²) in [6.45, 7) is 2.19. The van der Waals surface area contributed by atoms with E-state index in [0.29, 0.717) is 5.41 Å². The largest absolute Gasteiger partial charge is 0.350 e. The predicted molar refractivity (Wildman–Crippen MR) is 93.6 cm³/mol. The molecular weight excluding hydrogens is 301 g/mol. The quantitative estimate of drug-likeness (QED) is 0.807. The maximum Gasteiger partial charge on any atom is 0.244 e. The fourth-order valence-electron chi connectivity index (χ4n) is 5.87. The van der Waals surface area contributed by atoms with Crippen molar-refractivity contribution in [1.82, 2.24) is 5.32 Å². The Morgan fingerprint density at radius 1 is 1.12 bits per heavy atom. The maximum absolute atomic E-state index is 12.9. The molecule has 1 atom stereocenters. The summed E-state index contributed by atoms with van der Waals surface area (Å²) < 4.78 is 12.9. The molecule has 4 saturated carbocycles. The van der Waals surface area contributed by atoms with Gasteiger partial charge in [0, 0.05) is 12.1 Å². The van der Waals surface area contributed by atoms with Gasteiger partial charge < -0.3 is 5.32 Å². The Bertz CT molecular complexity index is 613. The molecule has 1 N–H and O–H groups in total. The minimum atomic E-state index is -0.257. The van der Waals surface area contributed by atoms with E-state index in [9.17, 15) is 9.18 Å². The van der Waals surface area contributed by atoms with E-state index in [4.69, 9.17) is 0 Å². The third kappa shape index (κ3) is 3.01. The lowest BCUT2D eigenvalue weighted by molar-refractivity contribution is -0.121. The molecular formula is C21H26FNO. The summed E-state index contributed by atoms with van der Waals surface area (Å²) in [5, 5.41) is 3.22. The molecule has 5 rings (SSSR count). The fraction of sp³-hybridized carbons (Fsp3) is 0.571. The minimum Gasteiger partial charge on any atom is -0.350 e. The van der Waals surface area contributed by atoms with E-state index in [-0.39, 0.29) is 17.8 Å². The van der Waals surface area contributed by atoms with Crippen molar-refractivity contribution in [2.75, 3.05) is 0 Å². The SMILES string of the molecule is C[C@@H](NC(=O)/C=C/c1ccc(F)cc1)C12CC3CC(CC(C3)C1)C2. The molecule has 0 spiro atoms. The Labute approximate surface area is 143 Å². The van der Waals surface area contributed by atoms with Gasteiger partial charge in [0.1, 0.15) is 5.82 Å². The monoisotopic (exact) mass is 327 g/mol. The number of nitrogens with one attached hydrogen (secondary N) is 1. The molecule has 2 nitrogen and oxygen atoms in total. The molecule has 0 saturated heterocycles. The van der Waals surface area contributed by atoms with Crippen LogP contribution in [-0.2, 0) is 4.79 Å². The number of hydrogen-bond donors (Lipinski definition) is 1. The first-order valence-electron chi connectivity index (χ1n) is 9.26. The van der Waals surface area contributed by atoms with Crippen LogP contribution >= 0.6 is 0 Å². The van der Waals surface area contributed by atoms with Gasteiger partial charge in [0.15, 0.2) is 0 Å². The highest BCUT2D eigenvalue weighted by Gasteiger charge is 2.53. The molecule has 1 aromatic carbocycles. The van der Waals surface area contributed by atoms with Crippen molar-refractivity contribution < 1.29 is 9.18 Å². The number of hydrogen-bond acceptors (Lipinski definition) is 1. The highest BCUT2D eigenvalue weighted by atomic mass is 19.1. The molecule has 4 fully saturated rings. The van der Waals surface area contributed by atoms with E-state index >= 15 is 0 Å². The van der Waals surface area contributed by atoms with E-state index in [1.54, 1.807) is 24.3 Å². The van der Waals surface area contributed by atoms with Crippen molar-refractivity contribution in [3.63, 3.8) is 0 Å². The van der Waals surface area contributed by atoms with Crippen molar-refractivity contribution >= 4 is 12.0 Å². The van der Waals surface area contributed by atoms with Gasteiger partial charge in [-0.3, -0.25) is 4.79 Å². The van der Waals surface area contributed by atoms with Crippen molar-refractivity contribution in [3.8, 4) is 0 Å². The summed E-state index contributed by atoms with van der Waals surface area (Å²) in [6, 6.07) is 6.42. The van der Waals surface area contributed by atoms with Crippen molar-refractivity contribution in [3.05, 3.63) is 41.7 Å². The Balaban J connectivity index is 1.39. The smallest absolute Gasteiger partial charge is 0.244 e. The number of benzene rings is 1. The Morgan fingerprint density at radius 3 is 2.21 bits per heavy atom. The lowest BCUT2D eigenvalue weighted by Crippen LogP contribution is -2.55. The van der Waals surface area contributed by atoms with Crippen LogP contribution in [0.1, 0.15) is 51.0 Å². The van der Waals surface area contributed by atoms with Gasteiger partial charge in [-0.25, -0.2) is 4.39 Å². The van der Waals surface area contributed by atoms with Gasteiger partial charge in [0.05, 0.1) is 0 Å². The number of carbonyl (C=O) groups excluding carboxylic acids is 1. The van der Waals surface area contributed by atoms with Crippen LogP contribution in [0.4, 0.5) is 4.39 Å². The summed E-state index contributed by atoms with van der Waals surface area (Å²) in [5.74, 6) is 2.38. The average Bonchev–Trinajstić information content (AvgIpc) is 2.53. The fourth-order valence-corrected chi connectivity index (χ4v) is 5.87. The lowest BCUT2D eigenvalue weighted by atomic mass is 9.48. The van der Waals surface area contributed by atoms with Crippen LogP contribution in [0.3, 0.4) is 0 Å². The molecule has 1 amide bonds. The van der Waals surface area contributed by atoms with Crippen LogP contribution in [0.15, 0.2) is 30.3 Å². The summed E-state index contributed by atoms with van der Waals surface area (Å²) >= 11 is 0. The van der Waals surface area contributed by atoms with Gasteiger partial charge >= 0.3 is 0 Å². The second-order valence-electron chi connectivity index (χ2n) is 8.40. The zero-order valence-electron chi connectivity index (χ0n) is 14.3. The van der Waals surface area contributed by atoms with E-state index < -0.39 is 0 Å². The molecule has 0 radical (unpaired) electrons. The van der Waals surface area contributed by atoms with Crippen molar-refractivity contribution in [2.24, 2.45) is 23.2 Å². The van der Waals surface area contributed by atoms with Gasteiger partial charge in [-0.2, -0.15) is 0 Å². The summed E-state index contributed by atoms with van der Waals surface area (Å²) in [4.78, 5) is 12.3. The Kier molecular flexibility index (Phi) is 3.98. The van der Waals surface area contributed by atoms with Crippen LogP contribution in [0.2, 0.25) is 0 Å². The number of amides is 1. The summed E-state index contributed by atoms with van der Waals surface area (Å²) in [7, 11) is 0. The van der Waals surface area contributed by atoms with Crippen LogP contribution < -0.4 is 5.32 Å². The predicted octanol–water partition coefficient (Wildman–Crippen LogP) is 4.56. The molecule has 0 unspecified atom stereocenters. The van der Waals surface area contributed by atoms with Gasteiger partial charge in [-0.15, -0.1) is 0 Å². The number of rotatable bonds is 4. The first kappa shape index (κ1) is 15.9. The molecule has 0 aromatic heterocycles. The molecule has 0 aliphatic heterocycles. The van der Waals surface area contributed by atoms with Crippen molar-refractivity contribution in [2.45, 2.75) is 51.5 Å². The molecule has 4 aliphatic rings. The highest BCUT2D eigenvalue weighted by Crippen LogP contribution is 2.61. The summed E-state index contributed by atoms with van der Waals surface area (Å²) in [6.07, 6.45) is 11.5. The molecule has 1 aromatic rings. The Hall–Kier alpha value is -1.64. The van der Waals surface area contributed by atoms with Gasteiger partial charge in [0.2, 0.25) is 5.91 Å². The third-order valence-electron chi connectivity index (χ3n) is 6.66. The van der Waals surface area contributed by atoms with E-state index in [1.165, 1.54) is 50.7 Å². The topological polar surface area (TPSA) is 29.1 Å². The minimum absolute atomic E-state index is 0.0393. The van der Waals surface area contributed by atoms with E-state index in [2.05, 4.69) is 12.2 Å².